The Labute approximate surface area is 96.5 Å². The van der Waals surface area contributed by atoms with Crippen LogP contribution in [-0.4, -0.2) is 26.1 Å². The van der Waals surface area contributed by atoms with Crippen LogP contribution < -0.4 is 4.74 Å². The van der Waals surface area contributed by atoms with Crippen molar-refractivity contribution in [1.82, 2.24) is 0 Å². The largest absolute Gasteiger partial charge is 0.496 e. The van der Waals surface area contributed by atoms with E-state index in [2.05, 4.69) is 15.9 Å². The number of methoxy groups -OCH3 is 1. The number of hydrogen-bond acceptors (Lipinski definition) is 3. The highest BCUT2D eigenvalue weighted by Crippen LogP contribution is 2.31. The molecule has 0 aromatic heterocycles. The zero-order chi connectivity index (χ0) is 10.8. The molecule has 0 unspecified atom stereocenters. The van der Waals surface area contributed by atoms with Crippen molar-refractivity contribution in [3.63, 3.8) is 0 Å². The minimum absolute atomic E-state index is 0.00766. The summed E-state index contributed by atoms with van der Waals surface area (Å²) in [6.07, 6.45) is 0.712. The Balaban J connectivity index is 2.60. The van der Waals surface area contributed by atoms with E-state index in [9.17, 15) is 4.79 Å². The third kappa shape index (κ3) is 1.92. The van der Waals surface area contributed by atoms with Crippen LogP contribution in [0.2, 0.25) is 0 Å². The Morgan fingerprint density at radius 2 is 2.27 bits per heavy atom. The first-order valence-corrected chi connectivity index (χ1v) is 5.49. The molecule has 3 nitrogen and oxygen atoms in total. The molecule has 4 heteroatoms. The summed E-state index contributed by atoms with van der Waals surface area (Å²) in [5, 5.41) is 0. The normalized spacial score (nSPS) is 15.7. The van der Waals surface area contributed by atoms with Crippen molar-refractivity contribution >= 4 is 21.7 Å². The lowest BCUT2D eigenvalue weighted by Crippen LogP contribution is -2.08. The molecule has 0 N–H and O–H groups in total. The second-order valence-electron chi connectivity index (χ2n) is 3.33. The van der Waals surface area contributed by atoms with Crippen molar-refractivity contribution in [2.45, 2.75) is 6.42 Å². The van der Waals surface area contributed by atoms with Gasteiger partial charge in [-0.3, -0.25) is 4.79 Å². The molecular formula is C11H11BrO3. The van der Waals surface area contributed by atoms with Crippen molar-refractivity contribution < 1.29 is 14.3 Å². The van der Waals surface area contributed by atoms with Gasteiger partial charge in [-0.2, -0.15) is 0 Å². The van der Waals surface area contributed by atoms with Gasteiger partial charge in [-0.05, 0) is 12.1 Å². The molecule has 1 aromatic rings. The standard InChI is InChI=1S/C11H11BrO3/c1-14-10-3-2-8(12)11-7(10)4-5-15-6-9(11)13/h2-3H,4-6H2,1H3. The number of ketones is 1. The van der Waals surface area contributed by atoms with Gasteiger partial charge in [0.25, 0.3) is 0 Å². The molecular weight excluding hydrogens is 260 g/mol. The van der Waals surface area contributed by atoms with Gasteiger partial charge in [-0.1, -0.05) is 15.9 Å². The molecule has 0 saturated carbocycles. The molecule has 2 rings (SSSR count). The average Bonchev–Trinajstić information content (AvgIpc) is 2.42. The number of halogens is 1. The predicted octanol–water partition coefficient (Wildman–Crippen LogP) is 2.21. The first-order valence-electron chi connectivity index (χ1n) is 4.70. The van der Waals surface area contributed by atoms with Crippen LogP contribution in [-0.2, 0) is 11.2 Å². The van der Waals surface area contributed by atoms with Crippen molar-refractivity contribution in [2.24, 2.45) is 0 Å². The highest BCUT2D eigenvalue weighted by atomic mass is 79.9. The summed E-state index contributed by atoms with van der Waals surface area (Å²) in [6, 6.07) is 3.70. The van der Waals surface area contributed by atoms with Crippen molar-refractivity contribution in [2.75, 3.05) is 20.3 Å². The lowest BCUT2D eigenvalue weighted by molar-refractivity contribution is 0.0788. The molecule has 0 amide bonds. The second-order valence-corrected chi connectivity index (χ2v) is 4.18. The first-order chi connectivity index (χ1) is 7.24. The molecule has 0 spiro atoms. The van der Waals surface area contributed by atoms with E-state index in [4.69, 9.17) is 9.47 Å². The Morgan fingerprint density at radius 3 is 3.00 bits per heavy atom. The van der Waals surface area contributed by atoms with Crippen LogP contribution in [0.5, 0.6) is 5.75 Å². The molecule has 1 aromatic carbocycles. The van der Waals surface area contributed by atoms with Gasteiger partial charge in [0, 0.05) is 22.0 Å². The Kier molecular flexibility index (Phi) is 3.07. The van der Waals surface area contributed by atoms with Crippen molar-refractivity contribution in [1.29, 1.82) is 0 Å². The molecule has 0 fully saturated rings. The van der Waals surface area contributed by atoms with Gasteiger partial charge in [-0.25, -0.2) is 0 Å². The van der Waals surface area contributed by atoms with Crippen LogP contribution in [0.3, 0.4) is 0 Å². The van der Waals surface area contributed by atoms with E-state index in [0.717, 1.165) is 15.8 Å². The number of carbonyl (C=O) groups is 1. The van der Waals surface area contributed by atoms with Gasteiger partial charge in [0.05, 0.1) is 13.7 Å². The fraction of sp³-hybridized carbons (Fsp3) is 0.364. The minimum atomic E-state index is 0.00766. The van der Waals surface area contributed by atoms with Crippen molar-refractivity contribution in [3.8, 4) is 5.75 Å². The summed E-state index contributed by atoms with van der Waals surface area (Å²) in [4.78, 5) is 11.8. The van der Waals surface area contributed by atoms with Crippen LogP contribution >= 0.6 is 15.9 Å². The van der Waals surface area contributed by atoms with Crippen LogP contribution in [0, 0.1) is 0 Å². The van der Waals surface area contributed by atoms with E-state index in [-0.39, 0.29) is 12.4 Å². The first kappa shape index (κ1) is 10.6. The number of carbonyl (C=O) groups excluding carboxylic acids is 1. The van der Waals surface area contributed by atoms with E-state index >= 15 is 0 Å². The summed E-state index contributed by atoms with van der Waals surface area (Å²) in [5.41, 5.74) is 1.64. The van der Waals surface area contributed by atoms with E-state index in [1.165, 1.54) is 0 Å². The van der Waals surface area contributed by atoms with E-state index in [0.29, 0.717) is 18.6 Å². The van der Waals surface area contributed by atoms with Gasteiger partial charge < -0.3 is 9.47 Å². The van der Waals surface area contributed by atoms with Crippen LogP contribution in [0.1, 0.15) is 15.9 Å². The van der Waals surface area contributed by atoms with Gasteiger partial charge in [0.2, 0.25) is 0 Å². The molecule has 15 heavy (non-hydrogen) atoms. The molecule has 1 heterocycles. The Hall–Kier alpha value is -0.870. The average molecular weight is 271 g/mol. The van der Waals surface area contributed by atoms with E-state index in [1.54, 1.807) is 7.11 Å². The lowest BCUT2D eigenvalue weighted by atomic mass is 10.0. The van der Waals surface area contributed by atoms with Crippen LogP contribution in [0.4, 0.5) is 0 Å². The minimum Gasteiger partial charge on any atom is -0.496 e. The summed E-state index contributed by atoms with van der Waals surface area (Å²) in [5.74, 6) is 0.764. The molecule has 0 bridgehead atoms. The summed E-state index contributed by atoms with van der Waals surface area (Å²) >= 11 is 3.39. The second kappa shape index (κ2) is 4.33. The molecule has 80 valence electrons. The zero-order valence-electron chi connectivity index (χ0n) is 8.38. The Morgan fingerprint density at radius 1 is 1.47 bits per heavy atom. The van der Waals surface area contributed by atoms with E-state index < -0.39 is 0 Å². The summed E-state index contributed by atoms with van der Waals surface area (Å²) in [7, 11) is 1.61. The maximum Gasteiger partial charge on any atom is 0.190 e. The third-order valence-corrected chi connectivity index (χ3v) is 3.11. The van der Waals surface area contributed by atoms with Gasteiger partial charge in [-0.15, -0.1) is 0 Å². The molecule has 0 saturated heterocycles. The molecule has 1 aliphatic heterocycles. The zero-order valence-corrected chi connectivity index (χ0v) is 9.96. The highest BCUT2D eigenvalue weighted by Gasteiger charge is 2.21. The molecule has 0 aliphatic carbocycles. The monoisotopic (exact) mass is 270 g/mol. The van der Waals surface area contributed by atoms with Gasteiger partial charge >= 0.3 is 0 Å². The SMILES string of the molecule is COc1ccc(Br)c2c1CCOCC2=O. The summed E-state index contributed by atoms with van der Waals surface area (Å²) in [6.45, 7) is 0.713. The number of hydrogen-bond donors (Lipinski definition) is 0. The molecule has 1 aliphatic rings. The number of Topliss-reactive ketones (excluding diaryl/α,β-unsaturated/α-hetero) is 1. The van der Waals surface area contributed by atoms with Crippen LogP contribution in [0.25, 0.3) is 0 Å². The topological polar surface area (TPSA) is 35.5 Å². The quantitative estimate of drug-likeness (QED) is 0.785. The Bertz CT molecular complexity index is 401. The summed E-state index contributed by atoms with van der Waals surface area (Å²) < 4.78 is 11.3. The third-order valence-electron chi connectivity index (χ3n) is 2.45. The van der Waals surface area contributed by atoms with Crippen molar-refractivity contribution in [3.05, 3.63) is 27.7 Å². The lowest BCUT2D eigenvalue weighted by Gasteiger charge is -2.11. The fourth-order valence-electron chi connectivity index (χ4n) is 1.75. The highest BCUT2D eigenvalue weighted by molar-refractivity contribution is 9.10. The number of benzene rings is 1. The smallest absolute Gasteiger partial charge is 0.190 e. The predicted molar refractivity (Wildman–Crippen MR) is 59.5 cm³/mol. The van der Waals surface area contributed by atoms with Gasteiger partial charge in [0.1, 0.15) is 12.4 Å². The molecule has 0 atom stereocenters. The molecule has 0 radical (unpaired) electrons. The number of ether oxygens (including phenoxy) is 2. The number of rotatable bonds is 1. The maximum absolute atomic E-state index is 11.8. The number of fused-ring (bicyclic) bond motifs is 1. The van der Waals surface area contributed by atoms with Gasteiger partial charge in [0.15, 0.2) is 5.78 Å². The fourth-order valence-corrected chi connectivity index (χ4v) is 2.34. The maximum atomic E-state index is 11.8. The van der Waals surface area contributed by atoms with Crippen LogP contribution in [0.15, 0.2) is 16.6 Å². The van der Waals surface area contributed by atoms with E-state index in [1.807, 2.05) is 12.1 Å².